The molecular weight excluding hydrogens is 1310 g/mol. The molecule has 32 nitrogen and oxygen atoms in total. The molecule has 3 aliphatic heterocycles. The Hall–Kier alpha value is -7.49. The molecular formula is C61H73N10NaO22S2. The number of carbonyl (C=O) groups excluding carboxylic acids is 8. The number of aromatic hydroxyl groups is 1. The van der Waals surface area contributed by atoms with Crippen molar-refractivity contribution in [3.63, 3.8) is 0 Å². The minimum atomic E-state index is -2.23. The van der Waals surface area contributed by atoms with Gasteiger partial charge in [-0.15, -0.1) is 14.5 Å². The average Bonchev–Trinajstić information content (AvgIpc) is 1.70. The minimum absolute atomic E-state index is 0. The molecule has 0 spiro atoms. The zero-order chi connectivity index (χ0) is 68.6. The minimum Gasteiger partial charge on any atom is -0.691 e. The predicted molar refractivity (Wildman–Crippen MR) is 332 cm³/mol. The Morgan fingerprint density at radius 3 is 1.98 bits per heavy atom. The summed E-state index contributed by atoms with van der Waals surface area (Å²) in [5, 5.41) is 114. The third-order valence-electron chi connectivity index (χ3n) is 15.9. The molecule has 14 N–H and O–H groups in total. The Morgan fingerprint density at radius 1 is 0.740 bits per heavy atom. The molecule has 35 heteroatoms. The number of phenolic OH excluding ortho intramolecular Hbond substituents is 1. The topological polar surface area (TPSA) is 475 Å². The van der Waals surface area contributed by atoms with E-state index in [1.165, 1.54) is 36.5 Å². The molecule has 0 saturated carbocycles. The number of phenols is 1. The fourth-order valence-corrected chi connectivity index (χ4v) is 12.0. The van der Waals surface area contributed by atoms with Gasteiger partial charge in [-0.1, -0.05) is 72.9 Å². The van der Waals surface area contributed by atoms with Crippen LogP contribution in [0.25, 0.3) is 32.3 Å². The van der Waals surface area contributed by atoms with Crippen molar-refractivity contribution in [2.24, 2.45) is 11.7 Å². The second-order valence-corrected chi connectivity index (χ2v) is 24.2. The number of hydrogen-bond acceptors (Lipinski definition) is 26. The zero-order valence-electron chi connectivity index (χ0n) is 52.4. The summed E-state index contributed by atoms with van der Waals surface area (Å²) in [6, 6.07) is 13.1. The molecule has 3 saturated heterocycles. The number of hydrogen-bond donors (Lipinski definition) is 13. The van der Waals surface area contributed by atoms with Crippen LogP contribution in [-0.2, 0) is 58.8 Å². The van der Waals surface area contributed by atoms with Crippen LogP contribution in [0.5, 0.6) is 17.2 Å². The first-order valence-corrected chi connectivity index (χ1v) is 31.4. The number of primary amides is 1. The molecule has 13 atom stereocenters. The van der Waals surface area contributed by atoms with Gasteiger partial charge in [0.15, 0.2) is 11.5 Å². The van der Waals surface area contributed by atoms with Crippen LogP contribution in [0.2, 0.25) is 0 Å². The number of methoxy groups -OCH3 is 1. The largest absolute Gasteiger partial charge is 1.00 e. The summed E-state index contributed by atoms with van der Waals surface area (Å²) in [7, 11) is 1.60. The van der Waals surface area contributed by atoms with Crippen molar-refractivity contribution in [1.29, 1.82) is 0 Å². The molecule has 8 rings (SSSR count). The van der Waals surface area contributed by atoms with E-state index in [1.807, 2.05) is 48.5 Å². The first-order chi connectivity index (χ1) is 45.4. The molecule has 512 valence electrons. The number of nitrogens with zero attached hydrogens (tertiary/aromatic N) is 4. The van der Waals surface area contributed by atoms with Crippen LogP contribution >= 0.6 is 23.7 Å². The van der Waals surface area contributed by atoms with Gasteiger partial charge in [-0.3, -0.25) is 43.4 Å². The summed E-state index contributed by atoms with van der Waals surface area (Å²) in [4.78, 5) is 115. The van der Waals surface area contributed by atoms with Crippen molar-refractivity contribution in [3.8, 4) is 49.5 Å². The number of aliphatic hydroxyl groups is 6. The second-order valence-electron chi connectivity index (χ2n) is 22.8. The number of carbonyl (C=O) groups is 8. The van der Waals surface area contributed by atoms with E-state index < -0.39 is 177 Å². The molecule has 0 bridgehead atoms. The molecule has 1 aromatic heterocycles. The summed E-state index contributed by atoms with van der Waals surface area (Å²) < 4.78 is 25.3. The van der Waals surface area contributed by atoms with Crippen molar-refractivity contribution in [2.45, 2.75) is 112 Å². The smallest absolute Gasteiger partial charge is 0.691 e. The Labute approximate surface area is 579 Å². The maximum absolute atomic E-state index is 14.7. The van der Waals surface area contributed by atoms with Gasteiger partial charge in [0, 0.05) is 68.6 Å². The van der Waals surface area contributed by atoms with Gasteiger partial charge >= 0.3 is 29.6 Å². The van der Waals surface area contributed by atoms with Gasteiger partial charge in [0.25, 0.3) is 18.2 Å². The SMILES string of the molecule is COCCOCCOc1ccc(-c2ccc(-c3nnc(-c4ccc(C(=O)NC5CC(O)CNC(=O)C6C(O)C(C)CN6C(=O)C(C(O)CC(N)=O)NC(=O)C(C(O)Cc6ccc(O)c(OSOO[O-])c6)NC(=O)C6CC(O)CN6C(=O)C(C(C)O)NC5=O)cc4)s3)cc2)cc1.[Na+]. The van der Waals surface area contributed by atoms with E-state index in [-0.39, 0.29) is 58.8 Å². The fourth-order valence-electron chi connectivity index (χ4n) is 10.9. The number of nitrogens with two attached hydrogens (primary N) is 1. The van der Waals surface area contributed by atoms with E-state index >= 15 is 0 Å². The molecule has 4 aromatic carbocycles. The van der Waals surface area contributed by atoms with E-state index in [1.54, 1.807) is 19.2 Å². The van der Waals surface area contributed by atoms with E-state index in [0.29, 0.717) is 47.8 Å². The molecule has 5 aromatic rings. The quantitative estimate of drug-likeness (QED) is 0.00953. The first kappa shape index (κ1) is 75.9. The van der Waals surface area contributed by atoms with Gasteiger partial charge in [-0.2, -0.15) is 0 Å². The fraction of sp³-hybridized carbons (Fsp3) is 0.443. The monoisotopic (exact) mass is 1380 g/mol. The number of nitrogens with one attached hydrogen (secondary N) is 5. The number of aromatic nitrogens is 2. The van der Waals surface area contributed by atoms with E-state index in [2.05, 4.69) is 46.2 Å². The van der Waals surface area contributed by atoms with Gasteiger partial charge in [-0.25, -0.2) is 0 Å². The molecule has 8 amide bonds. The number of rotatable bonds is 23. The third-order valence-corrected chi connectivity index (χ3v) is 17.3. The van der Waals surface area contributed by atoms with Crippen molar-refractivity contribution >= 4 is 70.9 Å². The predicted octanol–water partition coefficient (Wildman–Crippen LogP) is -5.72. The third kappa shape index (κ3) is 19.9. The van der Waals surface area contributed by atoms with Crippen LogP contribution in [-0.4, -0.2) is 229 Å². The van der Waals surface area contributed by atoms with E-state index in [4.69, 9.17) is 24.1 Å². The van der Waals surface area contributed by atoms with Crippen molar-refractivity contribution in [2.75, 3.05) is 53.2 Å². The Kier molecular flexibility index (Phi) is 28.2. The van der Waals surface area contributed by atoms with E-state index in [9.17, 15) is 79.4 Å². The maximum atomic E-state index is 14.7. The van der Waals surface area contributed by atoms with Gasteiger partial charge < -0.3 is 102 Å². The molecule has 3 fully saturated rings. The number of fused-ring (bicyclic) bond motifs is 2. The van der Waals surface area contributed by atoms with Crippen molar-refractivity contribution in [3.05, 3.63) is 102 Å². The molecule has 4 heterocycles. The number of β-amino-alcohol motifs (C(OH)–C–C–N with tert-alkyl or cyclic N) is 1. The maximum Gasteiger partial charge on any atom is 1.00 e. The zero-order valence-corrected chi connectivity index (χ0v) is 56.0. The van der Waals surface area contributed by atoms with Crippen molar-refractivity contribution in [1.82, 2.24) is 46.6 Å². The Morgan fingerprint density at radius 2 is 1.34 bits per heavy atom. The molecule has 96 heavy (non-hydrogen) atoms. The Balaban J connectivity index is 0.0000130. The number of aliphatic hydroxyl groups excluding tert-OH is 6. The van der Waals surface area contributed by atoms with Gasteiger partial charge in [0.1, 0.15) is 58.6 Å². The van der Waals surface area contributed by atoms with Crippen LogP contribution in [0.3, 0.4) is 0 Å². The summed E-state index contributed by atoms with van der Waals surface area (Å²) in [5.74, 6) is -10.5. The Bertz CT molecular complexity index is 3490. The van der Waals surface area contributed by atoms with Crippen LogP contribution < -0.4 is 76.1 Å². The van der Waals surface area contributed by atoms with Gasteiger partial charge in [-0.05, 0) is 60.0 Å². The van der Waals surface area contributed by atoms with Crippen LogP contribution in [0.4, 0.5) is 0 Å². The van der Waals surface area contributed by atoms with Gasteiger partial charge in [0.05, 0.1) is 62.9 Å². The van der Waals surface area contributed by atoms with Crippen LogP contribution in [0.15, 0.2) is 91.0 Å². The summed E-state index contributed by atoms with van der Waals surface area (Å²) in [6.07, 6.45) is -13.7. The molecule has 13 unspecified atom stereocenters. The summed E-state index contributed by atoms with van der Waals surface area (Å²) in [5.41, 5.74) is 8.73. The van der Waals surface area contributed by atoms with Crippen LogP contribution in [0.1, 0.15) is 49.0 Å². The normalized spacial score (nSPS) is 23.9. The van der Waals surface area contributed by atoms with Crippen LogP contribution in [0, 0.1) is 5.92 Å². The van der Waals surface area contributed by atoms with Crippen molar-refractivity contribution < 1.29 is 137 Å². The van der Waals surface area contributed by atoms with Gasteiger partial charge in [0.2, 0.25) is 41.4 Å². The number of amides is 8. The molecule has 0 radical (unpaired) electrons. The molecule has 0 aliphatic carbocycles. The molecule has 3 aliphatic rings. The standard InChI is InChI=1S/C61H74N10O22S2.Na/c1-30-28-71-51(52(30)79)57(84)63-27-38(73)24-41(64-53(80)35-7-11-37(12-8-35)59-69-68-58(94-59)36-9-5-33(6-10-36)34-13-15-40(16-14-34)90-21-20-89-19-18-88-3)54(81)65-48(31(2)72)60(85)70-29-39(74)25-42(70)55(82)66-49(56(83)67-50(61(71)86)45(77)26-47(62)78)44(76)22-32-4-17-43(75)46(23-32)91-95-93-92-87;/h4-17,23,30-31,38-39,41-42,44-45,48-52,72-77,79,87H,18-22,24-29H2,1-3H3,(H2,62,78)(H,63,84)(H,64,80)(H,65,81)(H,66,82)(H,67,83);/q;+1/p-1. The number of ether oxygens (including phenoxy) is 3. The number of benzene rings is 4. The average molecular weight is 1390 g/mol. The van der Waals surface area contributed by atoms with E-state index in [0.717, 1.165) is 45.5 Å². The summed E-state index contributed by atoms with van der Waals surface area (Å²) in [6.45, 7) is 2.61. The first-order valence-electron chi connectivity index (χ1n) is 29.9. The summed E-state index contributed by atoms with van der Waals surface area (Å²) >= 11 is 1.27. The second kappa shape index (κ2) is 35.7.